The minimum Gasteiger partial charge on any atom is -0.218 e. The lowest BCUT2D eigenvalue weighted by Crippen LogP contribution is -2.14. The number of sulfone groups is 1. The van der Waals surface area contributed by atoms with Crippen LogP contribution in [-0.2, 0) is 9.84 Å². The maximum atomic E-state index is 13.5. The van der Waals surface area contributed by atoms with Crippen LogP contribution in [-0.4, -0.2) is 8.42 Å². The smallest absolute Gasteiger partial charge is 0.207 e. The zero-order chi connectivity index (χ0) is 15.6. The third-order valence-corrected chi connectivity index (χ3v) is 5.92. The van der Waals surface area contributed by atoms with E-state index in [0.717, 1.165) is 0 Å². The van der Waals surface area contributed by atoms with Crippen LogP contribution >= 0.6 is 31.9 Å². The molecule has 0 saturated heterocycles. The van der Waals surface area contributed by atoms with Crippen LogP contribution in [0.5, 0.6) is 0 Å². The van der Waals surface area contributed by atoms with Gasteiger partial charge in [-0.25, -0.2) is 8.42 Å². The van der Waals surface area contributed by atoms with Crippen LogP contribution in [0.4, 0.5) is 8.78 Å². The second kappa shape index (κ2) is 6.54. The lowest BCUT2D eigenvalue weighted by Gasteiger charge is -2.19. The van der Waals surface area contributed by atoms with Gasteiger partial charge in [0.15, 0.2) is 9.47 Å². The number of rotatable bonds is 2. The van der Waals surface area contributed by atoms with Crippen LogP contribution in [0, 0.1) is 0 Å². The number of hydrogen-bond donors (Lipinski definition) is 0. The molecule has 0 radical (unpaired) electrons. The fourth-order valence-electron chi connectivity index (χ4n) is 2.05. The minimum absolute atomic E-state index is 0.0299. The first-order chi connectivity index (χ1) is 9.85. The van der Waals surface area contributed by atoms with Crippen molar-refractivity contribution in [2.45, 2.75) is 12.8 Å². The van der Waals surface area contributed by atoms with Crippen LogP contribution in [0.1, 0.15) is 12.8 Å². The highest BCUT2D eigenvalue weighted by molar-refractivity contribution is 9.11. The van der Waals surface area contributed by atoms with E-state index in [-0.39, 0.29) is 33.8 Å². The second-order valence-corrected chi connectivity index (χ2v) is 7.59. The van der Waals surface area contributed by atoms with E-state index in [4.69, 9.17) is 0 Å². The minimum atomic E-state index is -4.01. The van der Waals surface area contributed by atoms with E-state index in [0.29, 0.717) is 0 Å². The Labute approximate surface area is 138 Å². The molecule has 0 N–H and O–H groups in total. The third kappa shape index (κ3) is 3.35. The van der Waals surface area contributed by atoms with Crippen molar-refractivity contribution in [3.8, 4) is 0 Å². The number of halogens is 4. The van der Waals surface area contributed by atoms with Gasteiger partial charge in [0.05, 0.1) is 9.81 Å². The zero-order valence-corrected chi connectivity index (χ0v) is 14.6. The molecule has 2 aliphatic carbocycles. The predicted octanol–water partition coefficient (Wildman–Crippen LogP) is 5.24. The van der Waals surface area contributed by atoms with Gasteiger partial charge in [-0.1, -0.05) is 24.3 Å². The summed E-state index contributed by atoms with van der Waals surface area (Å²) in [7, 11) is -4.01. The van der Waals surface area contributed by atoms with Crippen molar-refractivity contribution in [2.24, 2.45) is 0 Å². The van der Waals surface area contributed by atoms with Gasteiger partial charge < -0.3 is 0 Å². The summed E-state index contributed by atoms with van der Waals surface area (Å²) < 4.78 is 51.0. The Morgan fingerprint density at radius 2 is 1.29 bits per heavy atom. The molecule has 0 saturated carbocycles. The highest BCUT2D eigenvalue weighted by Gasteiger charge is 2.31. The van der Waals surface area contributed by atoms with E-state index in [2.05, 4.69) is 31.9 Å². The topological polar surface area (TPSA) is 34.1 Å². The summed E-state index contributed by atoms with van der Waals surface area (Å²) in [6.45, 7) is 0. The number of hydrogen-bond acceptors (Lipinski definition) is 2. The Morgan fingerprint density at radius 3 is 1.62 bits per heavy atom. The molecule has 0 heterocycles. The van der Waals surface area contributed by atoms with Gasteiger partial charge in [0, 0.05) is 11.1 Å². The molecule has 0 unspecified atom stereocenters. The van der Waals surface area contributed by atoms with Crippen molar-refractivity contribution in [3.63, 3.8) is 0 Å². The molecular weight excluding hydrogens is 430 g/mol. The van der Waals surface area contributed by atoms with E-state index in [1.54, 1.807) is 24.3 Å². The summed E-state index contributed by atoms with van der Waals surface area (Å²) in [5, 5.41) is 0. The highest BCUT2D eigenvalue weighted by Crippen LogP contribution is 2.39. The zero-order valence-electron chi connectivity index (χ0n) is 10.6. The monoisotopic (exact) mass is 438 g/mol. The molecule has 0 bridgehead atoms. The Bertz CT molecular complexity index is 688. The lowest BCUT2D eigenvalue weighted by molar-refractivity contribution is 0.606. The molecule has 0 aromatic rings. The standard InChI is InChI=1S/C14H10Br2F2O2S/c15-13(17)9-5-1-3-7-11(9)21(19,20)12-8-4-2-6-10(12)14(16)18/h1-4,7-8H,5-6H2. The molecule has 112 valence electrons. The summed E-state index contributed by atoms with van der Waals surface area (Å²) in [5.41, 5.74) is 0.0598. The van der Waals surface area contributed by atoms with Crippen LogP contribution in [0.2, 0.25) is 0 Å². The maximum Gasteiger partial charge on any atom is 0.207 e. The molecule has 0 aromatic carbocycles. The van der Waals surface area contributed by atoms with Crippen LogP contribution < -0.4 is 0 Å². The predicted molar refractivity (Wildman–Crippen MR) is 86.7 cm³/mol. The van der Waals surface area contributed by atoms with Crippen molar-refractivity contribution in [3.05, 3.63) is 66.9 Å². The van der Waals surface area contributed by atoms with Crippen molar-refractivity contribution in [2.75, 3.05) is 0 Å². The Morgan fingerprint density at radius 1 is 0.905 bits per heavy atom. The molecule has 0 amide bonds. The van der Waals surface area contributed by atoms with E-state index in [1.165, 1.54) is 12.2 Å². The quantitative estimate of drug-likeness (QED) is 0.589. The van der Waals surface area contributed by atoms with Gasteiger partial charge in [-0.05, 0) is 56.9 Å². The first kappa shape index (κ1) is 16.6. The first-order valence-electron chi connectivity index (χ1n) is 5.93. The number of allylic oxidation sites excluding steroid dienone is 8. The highest BCUT2D eigenvalue weighted by atomic mass is 79.9. The van der Waals surface area contributed by atoms with E-state index in [9.17, 15) is 17.2 Å². The summed E-state index contributed by atoms with van der Waals surface area (Å²) in [6.07, 6.45) is 9.31. The lowest BCUT2D eigenvalue weighted by atomic mass is 10.1. The molecule has 0 fully saturated rings. The van der Waals surface area contributed by atoms with Gasteiger partial charge >= 0.3 is 0 Å². The van der Waals surface area contributed by atoms with Crippen LogP contribution in [0.15, 0.2) is 66.9 Å². The summed E-state index contributed by atoms with van der Waals surface area (Å²) in [6, 6.07) is 0. The summed E-state index contributed by atoms with van der Waals surface area (Å²) in [4.78, 5) is -0.320. The van der Waals surface area contributed by atoms with Gasteiger partial charge in [0.25, 0.3) is 0 Å². The molecule has 2 rings (SSSR count). The van der Waals surface area contributed by atoms with Gasteiger partial charge in [0.2, 0.25) is 9.84 Å². The van der Waals surface area contributed by atoms with Crippen molar-refractivity contribution in [1.29, 1.82) is 0 Å². The van der Waals surface area contributed by atoms with Gasteiger partial charge in [-0.15, -0.1) is 0 Å². The average molecular weight is 440 g/mol. The van der Waals surface area contributed by atoms with Crippen LogP contribution in [0.3, 0.4) is 0 Å². The van der Waals surface area contributed by atoms with Gasteiger partial charge in [-0.3, -0.25) is 0 Å². The molecule has 0 aromatic heterocycles. The molecule has 21 heavy (non-hydrogen) atoms. The van der Waals surface area contributed by atoms with Gasteiger partial charge in [0.1, 0.15) is 0 Å². The first-order valence-corrected chi connectivity index (χ1v) is 9.00. The Balaban J connectivity index is 2.62. The fourth-order valence-corrected chi connectivity index (χ4v) is 4.81. The molecule has 0 aliphatic heterocycles. The maximum absolute atomic E-state index is 13.5. The van der Waals surface area contributed by atoms with E-state index in [1.807, 2.05) is 0 Å². The van der Waals surface area contributed by atoms with Crippen LogP contribution in [0.25, 0.3) is 0 Å². The third-order valence-electron chi connectivity index (χ3n) is 3.04. The molecule has 2 nitrogen and oxygen atoms in total. The largest absolute Gasteiger partial charge is 0.218 e. The normalized spacial score (nSPS) is 23.6. The Kier molecular flexibility index (Phi) is 5.16. The van der Waals surface area contributed by atoms with Gasteiger partial charge in [-0.2, -0.15) is 8.78 Å². The Hall–Kier alpha value is -0.790. The summed E-state index contributed by atoms with van der Waals surface area (Å²) >= 11 is 5.36. The van der Waals surface area contributed by atoms with Crippen molar-refractivity contribution in [1.82, 2.24) is 0 Å². The molecule has 0 atom stereocenters. The molecular formula is C14H10Br2F2O2S. The SMILES string of the molecule is O=S(=O)(C1=CC=CCC1=C(F)Br)C1=CC=CCC1=C(F)Br. The van der Waals surface area contributed by atoms with Crippen molar-refractivity contribution < 1.29 is 17.2 Å². The second-order valence-electron chi connectivity index (χ2n) is 4.31. The average Bonchev–Trinajstić information content (AvgIpc) is 2.47. The van der Waals surface area contributed by atoms with Crippen molar-refractivity contribution >= 4 is 41.7 Å². The van der Waals surface area contributed by atoms with E-state index >= 15 is 0 Å². The van der Waals surface area contributed by atoms with E-state index < -0.39 is 19.3 Å². The molecule has 7 heteroatoms. The molecule has 0 spiro atoms. The fraction of sp³-hybridized carbons (Fsp3) is 0.143. The molecule has 2 aliphatic rings. The summed E-state index contributed by atoms with van der Waals surface area (Å²) in [5.74, 6) is 0.